The van der Waals surface area contributed by atoms with Crippen LogP contribution in [0, 0.1) is 0 Å². The summed E-state index contributed by atoms with van der Waals surface area (Å²) in [6, 6.07) is 10.0. The molecular formula is C18H18F3N3O2. The number of allylic oxidation sites excluding steroid dienone is 2. The molecular weight excluding hydrogens is 347 g/mol. The zero-order valence-electron chi connectivity index (χ0n) is 14.2. The lowest BCUT2D eigenvalue weighted by Crippen LogP contribution is -2.17. The Kier molecular flexibility index (Phi) is 5.76. The fourth-order valence-corrected chi connectivity index (χ4v) is 2.12. The number of aliphatic imine (C=N–C) groups is 1. The van der Waals surface area contributed by atoms with Gasteiger partial charge in [0.1, 0.15) is 17.2 Å². The first kappa shape index (κ1) is 19.2. The third kappa shape index (κ3) is 6.04. The second-order valence-electron chi connectivity index (χ2n) is 5.49. The van der Waals surface area contributed by atoms with Crippen LogP contribution in [0.2, 0.25) is 0 Å². The number of anilines is 1. The van der Waals surface area contributed by atoms with E-state index in [4.69, 9.17) is 16.2 Å². The Morgan fingerprint density at radius 3 is 2.42 bits per heavy atom. The highest BCUT2D eigenvalue weighted by Crippen LogP contribution is 2.35. The van der Waals surface area contributed by atoms with Gasteiger partial charge in [0.2, 0.25) is 0 Å². The molecule has 138 valence electrons. The molecule has 0 spiro atoms. The predicted molar refractivity (Wildman–Crippen MR) is 94.8 cm³/mol. The van der Waals surface area contributed by atoms with E-state index in [-0.39, 0.29) is 17.2 Å². The average molecular weight is 365 g/mol. The molecule has 2 aromatic carbocycles. The van der Waals surface area contributed by atoms with Crippen molar-refractivity contribution in [1.82, 2.24) is 0 Å². The van der Waals surface area contributed by atoms with E-state index in [2.05, 4.69) is 9.73 Å². The Bertz CT molecular complexity index is 842. The third-order valence-electron chi connectivity index (χ3n) is 2.98. The molecule has 0 amide bonds. The summed E-state index contributed by atoms with van der Waals surface area (Å²) >= 11 is 0. The van der Waals surface area contributed by atoms with Gasteiger partial charge in [-0.3, -0.25) is 0 Å². The molecule has 0 unspecified atom stereocenters. The zero-order chi connectivity index (χ0) is 19.3. The molecule has 0 aliphatic heterocycles. The van der Waals surface area contributed by atoms with Crippen LogP contribution in [0.25, 0.3) is 0 Å². The van der Waals surface area contributed by atoms with Gasteiger partial charge in [-0.1, -0.05) is 6.07 Å². The molecule has 0 aromatic heterocycles. The van der Waals surface area contributed by atoms with Crippen LogP contribution in [-0.2, 0) is 0 Å². The third-order valence-corrected chi connectivity index (χ3v) is 2.98. The molecule has 0 aliphatic carbocycles. The summed E-state index contributed by atoms with van der Waals surface area (Å²) in [6.45, 7) is 3.49. The molecule has 0 radical (unpaired) electrons. The smallest absolute Gasteiger partial charge is 0.455 e. The van der Waals surface area contributed by atoms with Crippen LogP contribution >= 0.6 is 0 Å². The Labute approximate surface area is 148 Å². The highest BCUT2D eigenvalue weighted by Gasteiger charge is 2.31. The van der Waals surface area contributed by atoms with Crippen molar-refractivity contribution < 1.29 is 22.6 Å². The summed E-state index contributed by atoms with van der Waals surface area (Å²) in [5, 5.41) is 0. The maximum absolute atomic E-state index is 12.4. The number of halogens is 3. The lowest BCUT2D eigenvalue weighted by molar-refractivity contribution is -0.274. The first-order valence-electron chi connectivity index (χ1n) is 7.54. The van der Waals surface area contributed by atoms with E-state index in [9.17, 15) is 13.2 Å². The van der Waals surface area contributed by atoms with Crippen LogP contribution in [0.4, 0.5) is 24.5 Å². The van der Waals surface area contributed by atoms with Gasteiger partial charge in [0.05, 0.1) is 0 Å². The lowest BCUT2D eigenvalue weighted by atomic mass is 10.2. The van der Waals surface area contributed by atoms with Crippen molar-refractivity contribution in [3.05, 3.63) is 54.2 Å². The normalized spacial score (nSPS) is 12.8. The minimum Gasteiger partial charge on any atom is -0.455 e. The van der Waals surface area contributed by atoms with Crippen molar-refractivity contribution in [1.29, 1.82) is 0 Å². The van der Waals surface area contributed by atoms with E-state index in [0.29, 0.717) is 22.8 Å². The van der Waals surface area contributed by atoms with Crippen molar-refractivity contribution in [3.63, 3.8) is 0 Å². The number of alkyl halides is 3. The van der Waals surface area contributed by atoms with Gasteiger partial charge in [0.25, 0.3) is 0 Å². The van der Waals surface area contributed by atoms with Gasteiger partial charge in [-0.2, -0.15) is 0 Å². The summed E-state index contributed by atoms with van der Waals surface area (Å²) < 4.78 is 46.6. The highest BCUT2D eigenvalue weighted by molar-refractivity contribution is 5.95. The van der Waals surface area contributed by atoms with Crippen LogP contribution in [0.3, 0.4) is 0 Å². The first-order valence-corrected chi connectivity index (χ1v) is 7.54. The fourth-order valence-electron chi connectivity index (χ4n) is 2.12. The molecule has 4 N–H and O–H groups in total. The molecule has 0 heterocycles. The quantitative estimate of drug-likeness (QED) is 0.582. The largest absolute Gasteiger partial charge is 0.573 e. The summed E-state index contributed by atoms with van der Waals surface area (Å²) in [6.07, 6.45) is -3.10. The number of hydrogen-bond donors (Lipinski definition) is 2. The SMILES string of the molecule is CC(N)=CC(C)=Nc1ccc(N)cc1Oc1cccc(OC(F)(F)F)c1. The van der Waals surface area contributed by atoms with Crippen molar-refractivity contribution in [2.75, 3.05) is 5.73 Å². The topological polar surface area (TPSA) is 82.9 Å². The Morgan fingerprint density at radius 1 is 1.08 bits per heavy atom. The van der Waals surface area contributed by atoms with Gasteiger partial charge < -0.3 is 20.9 Å². The minimum absolute atomic E-state index is 0.150. The van der Waals surface area contributed by atoms with Crippen LogP contribution in [0.1, 0.15) is 13.8 Å². The molecule has 0 bridgehead atoms. The second kappa shape index (κ2) is 7.81. The predicted octanol–water partition coefficient (Wildman–Crippen LogP) is 4.91. The minimum atomic E-state index is -4.78. The van der Waals surface area contributed by atoms with Gasteiger partial charge in [0, 0.05) is 29.2 Å². The number of nitrogens with zero attached hydrogens (tertiary/aromatic N) is 1. The Hall–Kier alpha value is -3.16. The molecule has 2 rings (SSSR count). The summed E-state index contributed by atoms with van der Waals surface area (Å²) in [4.78, 5) is 4.39. The van der Waals surface area contributed by atoms with Gasteiger partial charge >= 0.3 is 6.36 Å². The van der Waals surface area contributed by atoms with E-state index in [1.165, 1.54) is 24.3 Å². The average Bonchev–Trinajstić information content (AvgIpc) is 2.48. The van der Waals surface area contributed by atoms with E-state index >= 15 is 0 Å². The van der Waals surface area contributed by atoms with Gasteiger partial charge in [-0.15, -0.1) is 13.2 Å². The molecule has 0 fully saturated rings. The van der Waals surface area contributed by atoms with Crippen molar-refractivity contribution >= 4 is 17.1 Å². The number of rotatable bonds is 5. The molecule has 0 saturated heterocycles. The highest BCUT2D eigenvalue weighted by atomic mass is 19.4. The molecule has 0 aliphatic rings. The molecule has 0 saturated carbocycles. The Morgan fingerprint density at radius 2 is 1.77 bits per heavy atom. The van der Waals surface area contributed by atoms with Crippen molar-refractivity contribution in [2.45, 2.75) is 20.2 Å². The molecule has 0 atom stereocenters. The summed E-state index contributed by atoms with van der Waals surface area (Å²) in [7, 11) is 0. The number of nitrogen functional groups attached to an aromatic ring is 1. The number of hydrogen-bond acceptors (Lipinski definition) is 5. The lowest BCUT2D eigenvalue weighted by Gasteiger charge is -2.12. The summed E-state index contributed by atoms with van der Waals surface area (Å²) in [5.74, 6) is 0.0513. The maximum atomic E-state index is 12.4. The van der Waals surface area contributed by atoms with Crippen LogP contribution in [0.15, 0.2) is 59.2 Å². The van der Waals surface area contributed by atoms with Crippen LogP contribution in [0.5, 0.6) is 17.2 Å². The molecule has 2 aromatic rings. The van der Waals surface area contributed by atoms with E-state index in [0.717, 1.165) is 6.07 Å². The maximum Gasteiger partial charge on any atom is 0.573 e. The number of ether oxygens (including phenoxy) is 2. The van der Waals surface area contributed by atoms with Crippen LogP contribution in [-0.4, -0.2) is 12.1 Å². The summed E-state index contributed by atoms with van der Waals surface area (Å²) in [5.41, 5.74) is 13.5. The van der Waals surface area contributed by atoms with E-state index in [1.807, 2.05) is 0 Å². The van der Waals surface area contributed by atoms with Crippen LogP contribution < -0.4 is 20.9 Å². The van der Waals surface area contributed by atoms with Crippen molar-refractivity contribution in [3.8, 4) is 17.2 Å². The zero-order valence-corrected chi connectivity index (χ0v) is 14.2. The molecule has 26 heavy (non-hydrogen) atoms. The Balaban J connectivity index is 2.33. The molecule has 5 nitrogen and oxygen atoms in total. The van der Waals surface area contributed by atoms with Gasteiger partial charge in [0.15, 0.2) is 5.75 Å². The first-order chi connectivity index (χ1) is 12.1. The van der Waals surface area contributed by atoms with Gasteiger partial charge in [-0.05, 0) is 44.2 Å². The van der Waals surface area contributed by atoms with Crippen molar-refractivity contribution in [2.24, 2.45) is 10.7 Å². The number of benzene rings is 2. The monoisotopic (exact) mass is 365 g/mol. The molecule has 8 heteroatoms. The fraction of sp³-hybridized carbons (Fsp3) is 0.167. The number of nitrogens with two attached hydrogens (primary N) is 2. The standard InChI is InChI=1S/C18H18F3N3O2/c1-11(22)8-12(2)24-16-7-6-13(23)9-17(16)25-14-4-3-5-15(10-14)26-18(19,20)21/h3-10H,22-23H2,1-2H3. The van der Waals surface area contributed by atoms with E-state index < -0.39 is 6.36 Å². The van der Waals surface area contributed by atoms with Gasteiger partial charge in [-0.25, -0.2) is 4.99 Å². The van der Waals surface area contributed by atoms with E-state index in [1.54, 1.807) is 32.1 Å². The second-order valence-corrected chi connectivity index (χ2v) is 5.49.